The summed E-state index contributed by atoms with van der Waals surface area (Å²) in [5.74, 6) is 1.52. The fraction of sp³-hybridized carbons (Fsp3) is 0.588. The number of hydrogen-bond donors (Lipinski definition) is 0. The molecule has 0 saturated carbocycles. The normalized spacial score (nSPS) is 14.8. The van der Waals surface area contributed by atoms with Gasteiger partial charge >= 0.3 is 0 Å². The minimum atomic E-state index is 0.530. The van der Waals surface area contributed by atoms with E-state index in [0.717, 1.165) is 43.0 Å². The molecule has 0 fully saturated rings. The summed E-state index contributed by atoms with van der Waals surface area (Å²) in [6, 6.07) is 0. The Hall–Kier alpha value is -1.31. The Morgan fingerprint density at radius 1 is 1.37 bits per heavy atom. The number of ether oxygens (including phenoxy) is 1. The van der Waals surface area contributed by atoms with Crippen LogP contribution in [0.4, 0.5) is 0 Å². The van der Waals surface area contributed by atoms with Gasteiger partial charge in [0.15, 0.2) is 0 Å². The molecule has 2 heteroatoms. The predicted octanol–water partition coefficient (Wildman–Crippen LogP) is 4.94. The van der Waals surface area contributed by atoms with Gasteiger partial charge in [-0.1, -0.05) is 25.7 Å². The van der Waals surface area contributed by atoms with E-state index in [1.165, 1.54) is 0 Å². The van der Waals surface area contributed by atoms with Gasteiger partial charge in [0.1, 0.15) is 0 Å². The van der Waals surface area contributed by atoms with Gasteiger partial charge in [-0.3, -0.25) is 4.99 Å². The Balaban J connectivity index is 4.37. The van der Waals surface area contributed by atoms with Crippen LogP contribution in [0.3, 0.4) is 0 Å². The van der Waals surface area contributed by atoms with Crippen molar-refractivity contribution in [3.05, 3.63) is 36.1 Å². The maximum absolute atomic E-state index is 5.88. The van der Waals surface area contributed by atoms with E-state index in [2.05, 4.69) is 30.6 Å². The van der Waals surface area contributed by atoms with E-state index in [4.69, 9.17) is 4.74 Å². The number of aliphatic imine (C=N–C) groups is 1. The fourth-order valence-corrected chi connectivity index (χ4v) is 1.62. The summed E-state index contributed by atoms with van der Waals surface area (Å²) in [5, 5.41) is 0. The second-order valence-corrected chi connectivity index (χ2v) is 4.85. The summed E-state index contributed by atoms with van der Waals surface area (Å²) >= 11 is 0. The summed E-state index contributed by atoms with van der Waals surface area (Å²) in [6.07, 6.45) is 8.10. The van der Waals surface area contributed by atoms with Gasteiger partial charge in [-0.2, -0.15) is 0 Å². The first kappa shape index (κ1) is 17.7. The van der Waals surface area contributed by atoms with E-state index >= 15 is 0 Å². The van der Waals surface area contributed by atoms with Crippen molar-refractivity contribution in [2.75, 3.05) is 13.2 Å². The first-order valence-electron chi connectivity index (χ1n) is 7.13. The fourth-order valence-electron chi connectivity index (χ4n) is 1.62. The molecule has 0 bridgehead atoms. The molecule has 108 valence electrons. The molecule has 2 nitrogen and oxygen atoms in total. The molecule has 0 N–H and O–H groups in total. The molecule has 0 aromatic rings. The summed E-state index contributed by atoms with van der Waals surface area (Å²) in [6.45, 7) is 15.8. The van der Waals surface area contributed by atoms with Gasteiger partial charge in [0.25, 0.3) is 0 Å². The van der Waals surface area contributed by atoms with Gasteiger partial charge in [-0.15, -0.1) is 0 Å². The number of nitrogens with zero attached hydrogens (tertiary/aromatic N) is 1. The van der Waals surface area contributed by atoms with Gasteiger partial charge in [0.05, 0.1) is 12.4 Å². The summed E-state index contributed by atoms with van der Waals surface area (Å²) in [4.78, 5) is 4.47. The van der Waals surface area contributed by atoms with Crippen LogP contribution in [0.5, 0.6) is 0 Å². The lowest BCUT2D eigenvalue weighted by molar-refractivity contribution is 0.170. The van der Waals surface area contributed by atoms with Gasteiger partial charge in [0, 0.05) is 18.7 Å². The van der Waals surface area contributed by atoms with E-state index < -0.39 is 0 Å². The Labute approximate surface area is 119 Å². The van der Waals surface area contributed by atoms with Crippen molar-refractivity contribution in [3.8, 4) is 0 Å². The van der Waals surface area contributed by atoms with Crippen molar-refractivity contribution in [2.45, 2.75) is 47.5 Å². The van der Waals surface area contributed by atoms with Crippen molar-refractivity contribution < 1.29 is 4.74 Å². The van der Waals surface area contributed by atoms with Gasteiger partial charge in [-0.25, -0.2) is 0 Å². The lowest BCUT2D eigenvalue weighted by atomic mass is 10.1. The van der Waals surface area contributed by atoms with Crippen LogP contribution in [0.25, 0.3) is 0 Å². The Bertz CT molecular complexity index is 350. The maximum Gasteiger partial charge on any atom is 0.0976 e. The van der Waals surface area contributed by atoms with Crippen LogP contribution >= 0.6 is 0 Å². The largest absolute Gasteiger partial charge is 0.498 e. The number of allylic oxidation sites excluding steroid dienone is 5. The average Bonchev–Trinajstić information content (AvgIpc) is 2.39. The molecular weight excluding hydrogens is 234 g/mol. The van der Waals surface area contributed by atoms with Crippen molar-refractivity contribution in [2.24, 2.45) is 10.9 Å². The molecule has 0 aliphatic carbocycles. The SMILES string of the molecule is C=C(C)C(C/C(=C/C)OCC(C)C/C=C\C)=NCC. The number of rotatable bonds is 9. The first-order valence-corrected chi connectivity index (χ1v) is 7.13. The standard InChI is InChI=1S/C17H29NO/c1-7-10-11-15(6)13-19-16(8-2)12-17(14(4)5)18-9-3/h7-8,10,15H,4,9,11-13H2,1-3,5-6H3/b10-7-,16-8-,18-17?. The smallest absolute Gasteiger partial charge is 0.0976 e. The molecule has 0 aliphatic heterocycles. The molecule has 0 aromatic heterocycles. The molecule has 0 aromatic carbocycles. The van der Waals surface area contributed by atoms with Crippen molar-refractivity contribution in [3.63, 3.8) is 0 Å². The zero-order valence-corrected chi connectivity index (χ0v) is 13.2. The molecule has 0 heterocycles. The minimum absolute atomic E-state index is 0.530. The lowest BCUT2D eigenvalue weighted by Gasteiger charge is -2.15. The van der Waals surface area contributed by atoms with Gasteiger partial charge in [-0.05, 0) is 51.7 Å². The molecule has 19 heavy (non-hydrogen) atoms. The topological polar surface area (TPSA) is 21.6 Å². The molecular formula is C17H29NO. The van der Waals surface area contributed by atoms with Crippen molar-refractivity contribution in [1.29, 1.82) is 0 Å². The zero-order valence-electron chi connectivity index (χ0n) is 13.2. The summed E-state index contributed by atoms with van der Waals surface area (Å²) in [5.41, 5.74) is 2.06. The van der Waals surface area contributed by atoms with E-state index in [0.29, 0.717) is 5.92 Å². The van der Waals surface area contributed by atoms with E-state index in [-0.39, 0.29) is 0 Å². The molecule has 0 rings (SSSR count). The predicted molar refractivity (Wildman–Crippen MR) is 85.7 cm³/mol. The van der Waals surface area contributed by atoms with Crippen LogP contribution in [-0.4, -0.2) is 18.9 Å². The lowest BCUT2D eigenvalue weighted by Crippen LogP contribution is -2.09. The quantitative estimate of drug-likeness (QED) is 0.328. The second kappa shape index (κ2) is 10.6. The van der Waals surface area contributed by atoms with Crippen LogP contribution < -0.4 is 0 Å². The van der Waals surface area contributed by atoms with Crippen LogP contribution in [-0.2, 0) is 4.74 Å². The number of hydrogen-bond acceptors (Lipinski definition) is 2. The minimum Gasteiger partial charge on any atom is -0.498 e. The molecule has 0 aliphatic rings. The maximum atomic E-state index is 5.88. The van der Waals surface area contributed by atoms with E-state index in [1.54, 1.807) is 0 Å². The molecule has 0 saturated heterocycles. The second-order valence-electron chi connectivity index (χ2n) is 4.85. The van der Waals surface area contributed by atoms with E-state index in [1.807, 2.05) is 33.8 Å². The third-order valence-corrected chi connectivity index (χ3v) is 2.83. The van der Waals surface area contributed by atoms with Crippen LogP contribution in [0.2, 0.25) is 0 Å². The first-order chi connectivity index (χ1) is 9.04. The third kappa shape index (κ3) is 8.41. The van der Waals surface area contributed by atoms with Crippen LogP contribution in [0.15, 0.2) is 41.1 Å². The molecule has 1 atom stereocenters. The monoisotopic (exact) mass is 263 g/mol. The van der Waals surface area contributed by atoms with Crippen LogP contribution in [0.1, 0.15) is 47.5 Å². The van der Waals surface area contributed by atoms with Gasteiger partial charge in [0.2, 0.25) is 0 Å². The van der Waals surface area contributed by atoms with Gasteiger partial charge < -0.3 is 4.74 Å². The van der Waals surface area contributed by atoms with Crippen molar-refractivity contribution in [1.82, 2.24) is 0 Å². The molecule has 0 spiro atoms. The summed E-state index contributed by atoms with van der Waals surface area (Å²) in [7, 11) is 0. The van der Waals surface area contributed by atoms with Crippen LogP contribution in [0, 0.1) is 5.92 Å². The average molecular weight is 263 g/mol. The highest BCUT2D eigenvalue weighted by atomic mass is 16.5. The Kier molecular flexibility index (Phi) is 9.87. The highest BCUT2D eigenvalue weighted by Crippen LogP contribution is 2.13. The highest BCUT2D eigenvalue weighted by molar-refractivity contribution is 6.00. The molecule has 0 amide bonds. The molecule has 1 unspecified atom stereocenters. The summed E-state index contributed by atoms with van der Waals surface area (Å²) < 4.78 is 5.88. The zero-order chi connectivity index (χ0) is 14.7. The van der Waals surface area contributed by atoms with E-state index in [9.17, 15) is 0 Å². The Morgan fingerprint density at radius 2 is 2.05 bits per heavy atom. The Morgan fingerprint density at radius 3 is 2.53 bits per heavy atom. The highest BCUT2D eigenvalue weighted by Gasteiger charge is 2.07. The third-order valence-electron chi connectivity index (χ3n) is 2.83. The van der Waals surface area contributed by atoms with Crippen molar-refractivity contribution >= 4 is 5.71 Å². The molecule has 0 radical (unpaired) electrons.